The molecule has 138 valence electrons. The van der Waals surface area contributed by atoms with Crippen molar-refractivity contribution in [1.82, 2.24) is 4.98 Å². The van der Waals surface area contributed by atoms with Gasteiger partial charge in [-0.05, 0) is 73.5 Å². The summed E-state index contributed by atoms with van der Waals surface area (Å²) in [6.07, 6.45) is 4.31. The maximum absolute atomic E-state index is 5.73. The molecule has 1 unspecified atom stereocenters. The molecule has 1 aromatic heterocycles. The van der Waals surface area contributed by atoms with Crippen molar-refractivity contribution >= 4 is 10.9 Å². The lowest BCUT2D eigenvalue weighted by Crippen LogP contribution is -1.99. The van der Waals surface area contributed by atoms with Crippen LogP contribution in [-0.2, 0) is 6.42 Å². The van der Waals surface area contributed by atoms with Crippen LogP contribution in [0.5, 0.6) is 5.75 Å². The van der Waals surface area contributed by atoms with Crippen LogP contribution in [0.2, 0.25) is 0 Å². The number of hydrogen-bond donors (Lipinski definition) is 2. The van der Waals surface area contributed by atoms with Gasteiger partial charge >= 0.3 is 0 Å². The Labute approximate surface area is 156 Å². The van der Waals surface area contributed by atoms with Gasteiger partial charge in [-0.2, -0.15) is 0 Å². The van der Waals surface area contributed by atoms with E-state index in [0.717, 1.165) is 43.5 Å². The fourth-order valence-electron chi connectivity index (χ4n) is 3.59. The van der Waals surface area contributed by atoms with Gasteiger partial charge in [0.25, 0.3) is 0 Å². The van der Waals surface area contributed by atoms with Crippen LogP contribution in [0.25, 0.3) is 22.2 Å². The van der Waals surface area contributed by atoms with Gasteiger partial charge in [0.2, 0.25) is 0 Å². The number of aromatic amines is 1. The third kappa shape index (κ3) is 3.63. The van der Waals surface area contributed by atoms with E-state index in [4.69, 9.17) is 10.5 Å². The number of methoxy groups -OCH3 is 1. The fourth-order valence-corrected chi connectivity index (χ4v) is 3.59. The summed E-state index contributed by atoms with van der Waals surface area (Å²) in [6.45, 7) is 5.28. The van der Waals surface area contributed by atoms with E-state index in [0.29, 0.717) is 5.92 Å². The minimum Gasteiger partial charge on any atom is -0.496 e. The number of fused-ring (bicyclic) bond motifs is 1. The molecule has 3 rings (SSSR count). The molecule has 1 atom stereocenters. The molecule has 0 amide bonds. The SMILES string of the molecule is CCC(C)c1ccc2[nH]c(-c3ccccc3OC)c(CCCCN)c2c1. The van der Waals surface area contributed by atoms with Gasteiger partial charge in [0.05, 0.1) is 12.8 Å². The summed E-state index contributed by atoms with van der Waals surface area (Å²) in [6, 6.07) is 15.1. The molecular formula is C23H30N2O. The number of rotatable bonds is 8. The Morgan fingerprint density at radius 3 is 2.65 bits per heavy atom. The normalized spacial score (nSPS) is 12.5. The van der Waals surface area contributed by atoms with Gasteiger partial charge in [-0.15, -0.1) is 0 Å². The van der Waals surface area contributed by atoms with E-state index >= 15 is 0 Å². The first kappa shape index (κ1) is 18.5. The molecule has 0 radical (unpaired) electrons. The summed E-state index contributed by atoms with van der Waals surface area (Å²) in [5.41, 5.74) is 12.0. The number of nitrogens with one attached hydrogen (secondary N) is 1. The van der Waals surface area contributed by atoms with E-state index in [2.05, 4.69) is 49.2 Å². The molecular weight excluding hydrogens is 320 g/mol. The largest absolute Gasteiger partial charge is 0.496 e. The first-order valence-electron chi connectivity index (χ1n) is 9.67. The number of aryl methyl sites for hydroxylation is 1. The third-order valence-electron chi connectivity index (χ3n) is 5.37. The van der Waals surface area contributed by atoms with Gasteiger partial charge in [-0.3, -0.25) is 0 Å². The van der Waals surface area contributed by atoms with Gasteiger partial charge in [0.15, 0.2) is 0 Å². The van der Waals surface area contributed by atoms with Gasteiger partial charge < -0.3 is 15.5 Å². The Morgan fingerprint density at radius 2 is 1.92 bits per heavy atom. The molecule has 2 aromatic carbocycles. The van der Waals surface area contributed by atoms with E-state index in [9.17, 15) is 0 Å². The number of hydrogen-bond acceptors (Lipinski definition) is 2. The van der Waals surface area contributed by atoms with E-state index < -0.39 is 0 Å². The minimum atomic E-state index is 0.570. The molecule has 0 saturated heterocycles. The van der Waals surface area contributed by atoms with Crippen molar-refractivity contribution in [3.8, 4) is 17.0 Å². The molecule has 0 aliphatic carbocycles. The molecule has 0 bridgehead atoms. The van der Waals surface area contributed by atoms with E-state index in [1.165, 1.54) is 27.7 Å². The lowest BCUT2D eigenvalue weighted by atomic mass is 9.94. The van der Waals surface area contributed by atoms with E-state index in [1.807, 2.05) is 12.1 Å². The van der Waals surface area contributed by atoms with Gasteiger partial charge in [-0.1, -0.05) is 32.0 Å². The predicted molar refractivity (Wildman–Crippen MR) is 111 cm³/mol. The number of aromatic nitrogens is 1. The summed E-state index contributed by atoms with van der Waals surface area (Å²) >= 11 is 0. The van der Waals surface area contributed by atoms with Crippen LogP contribution in [-0.4, -0.2) is 18.6 Å². The number of unbranched alkanes of at least 4 members (excludes halogenated alkanes) is 1. The highest BCUT2D eigenvalue weighted by atomic mass is 16.5. The highest BCUT2D eigenvalue weighted by Gasteiger charge is 2.17. The van der Waals surface area contributed by atoms with Crippen LogP contribution in [0.3, 0.4) is 0 Å². The standard InChI is InChI=1S/C23H30N2O/c1-4-16(2)17-12-13-21-20(15-17)18(9-7-8-14-24)23(25-21)19-10-5-6-11-22(19)26-3/h5-6,10-13,15-16,25H,4,7-9,14,24H2,1-3H3. The first-order chi connectivity index (χ1) is 12.7. The van der Waals surface area contributed by atoms with E-state index in [1.54, 1.807) is 7.11 Å². The molecule has 0 spiro atoms. The van der Waals surface area contributed by atoms with Crippen molar-refractivity contribution in [2.24, 2.45) is 5.73 Å². The van der Waals surface area contributed by atoms with Crippen molar-refractivity contribution in [3.63, 3.8) is 0 Å². The number of para-hydroxylation sites is 1. The molecule has 3 nitrogen and oxygen atoms in total. The highest BCUT2D eigenvalue weighted by molar-refractivity contribution is 5.92. The molecule has 1 heterocycles. The second kappa shape index (κ2) is 8.41. The fraction of sp³-hybridized carbons (Fsp3) is 0.391. The quantitative estimate of drug-likeness (QED) is 0.517. The number of nitrogens with two attached hydrogens (primary N) is 1. The van der Waals surface area contributed by atoms with E-state index in [-0.39, 0.29) is 0 Å². The molecule has 0 aliphatic heterocycles. The lowest BCUT2D eigenvalue weighted by Gasteiger charge is -2.11. The molecule has 0 aliphatic rings. The Morgan fingerprint density at radius 1 is 1.12 bits per heavy atom. The Hall–Kier alpha value is -2.26. The number of H-pyrrole nitrogens is 1. The smallest absolute Gasteiger partial charge is 0.128 e. The molecule has 0 fully saturated rings. The van der Waals surface area contributed by atoms with Crippen molar-refractivity contribution in [2.45, 2.75) is 45.4 Å². The van der Waals surface area contributed by atoms with Crippen molar-refractivity contribution in [1.29, 1.82) is 0 Å². The minimum absolute atomic E-state index is 0.570. The molecule has 3 N–H and O–H groups in total. The van der Waals surface area contributed by atoms with Crippen LogP contribution in [0.15, 0.2) is 42.5 Å². The molecule has 0 saturated carbocycles. The molecule has 26 heavy (non-hydrogen) atoms. The second-order valence-electron chi connectivity index (χ2n) is 7.04. The second-order valence-corrected chi connectivity index (χ2v) is 7.04. The summed E-state index contributed by atoms with van der Waals surface area (Å²) < 4.78 is 5.62. The summed E-state index contributed by atoms with van der Waals surface area (Å²) in [5.74, 6) is 1.47. The lowest BCUT2D eigenvalue weighted by molar-refractivity contribution is 0.416. The highest BCUT2D eigenvalue weighted by Crippen LogP contribution is 2.37. The van der Waals surface area contributed by atoms with Crippen molar-refractivity contribution in [3.05, 3.63) is 53.6 Å². The zero-order valence-corrected chi connectivity index (χ0v) is 16.1. The first-order valence-corrected chi connectivity index (χ1v) is 9.67. The average molecular weight is 351 g/mol. The van der Waals surface area contributed by atoms with Crippen LogP contribution in [0.4, 0.5) is 0 Å². The zero-order valence-electron chi connectivity index (χ0n) is 16.1. The number of ether oxygens (including phenoxy) is 1. The summed E-state index contributed by atoms with van der Waals surface area (Å²) in [5, 5.41) is 1.33. The topological polar surface area (TPSA) is 51.0 Å². The van der Waals surface area contributed by atoms with Crippen LogP contribution in [0, 0.1) is 0 Å². The third-order valence-corrected chi connectivity index (χ3v) is 5.37. The average Bonchev–Trinajstić information content (AvgIpc) is 3.05. The molecule has 3 heteroatoms. The van der Waals surface area contributed by atoms with Crippen LogP contribution in [0.1, 0.15) is 50.2 Å². The van der Waals surface area contributed by atoms with Crippen molar-refractivity contribution < 1.29 is 4.74 Å². The van der Waals surface area contributed by atoms with Gasteiger partial charge in [0.1, 0.15) is 5.75 Å². The molecule has 3 aromatic rings. The van der Waals surface area contributed by atoms with Crippen molar-refractivity contribution in [2.75, 3.05) is 13.7 Å². The number of benzene rings is 2. The summed E-state index contributed by atoms with van der Waals surface area (Å²) in [4.78, 5) is 3.66. The predicted octanol–water partition coefficient (Wildman–Crippen LogP) is 5.64. The van der Waals surface area contributed by atoms with Gasteiger partial charge in [-0.25, -0.2) is 0 Å². The van der Waals surface area contributed by atoms with Crippen LogP contribution < -0.4 is 10.5 Å². The summed E-state index contributed by atoms with van der Waals surface area (Å²) in [7, 11) is 1.73. The maximum atomic E-state index is 5.73. The maximum Gasteiger partial charge on any atom is 0.128 e. The van der Waals surface area contributed by atoms with Gasteiger partial charge in [0, 0.05) is 16.5 Å². The Bertz CT molecular complexity index is 866. The zero-order chi connectivity index (χ0) is 18.5. The Kier molecular flexibility index (Phi) is 6.00. The Balaban J connectivity index is 2.16. The van der Waals surface area contributed by atoms with Crippen LogP contribution >= 0.6 is 0 Å². The monoisotopic (exact) mass is 350 g/mol.